The summed E-state index contributed by atoms with van der Waals surface area (Å²) >= 11 is 0. The van der Waals surface area contributed by atoms with E-state index >= 15 is 0 Å². The minimum atomic E-state index is -0.318. The van der Waals surface area contributed by atoms with Gasteiger partial charge < -0.3 is 15.2 Å². The van der Waals surface area contributed by atoms with E-state index in [4.69, 9.17) is 4.74 Å². The molecule has 2 rings (SSSR count). The molecule has 1 saturated carbocycles. The van der Waals surface area contributed by atoms with Crippen LogP contribution in [0.4, 0.5) is 0 Å². The van der Waals surface area contributed by atoms with E-state index in [2.05, 4.69) is 31.3 Å². The predicted molar refractivity (Wildman–Crippen MR) is 82.1 cm³/mol. The van der Waals surface area contributed by atoms with Crippen molar-refractivity contribution >= 4 is 0 Å². The number of rotatable bonds is 6. The SMILES string of the molecule is CCCNCc1cc(C)ccc1OC1CCCCC1O. The first-order chi connectivity index (χ1) is 9.70. The Labute approximate surface area is 122 Å². The van der Waals surface area contributed by atoms with Crippen LogP contribution in [0, 0.1) is 6.92 Å². The lowest BCUT2D eigenvalue weighted by Crippen LogP contribution is -2.35. The molecule has 0 spiro atoms. The van der Waals surface area contributed by atoms with Crippen LogP contribution >= 0.6 is 0 Å². The van der Waals surface area contributed by atoms with E-state index in [1.165, 1.54) is 11.1 Å². The Morgan fingerprint density at radius 3 is 2.85 bits per heavy atom. The average molecular weight is 277 g/mol. The van der Waals surface area contributed by atoms with Gasteiger partial charge in [-0.1, -0.05) is 31.0 Å². The summed E-state index contributed by atoms with van der Waals surface area (Å²) in [5.41, 5.74) is 2.44. The van der Waals surface area contributed by atoms with Gasteiger partial charge in [0.05, 0.1) is 6.10 Å². The van der Waals surface area contributed by atoms with Crippen molar-refractivity contribution in [1.29, 1.82) is 0 Å². The zero-order valence-corrected chi connectivity index (χ0v) is 12.7. The summed E-state index contributed by atoms with van der Waals surface area (Å²) < 4.78 is 6.09. The fourth-order valence-corrected chi connectivity index (χ4v) is 2.74. The normalized spacial score (nSPS) is 22.8. The number of ether oxygens (including phenoxy) is 1. The molecule has 0 bridgehead atoms. The van der Waals surface area contributed by atoms with Crippen LogP contribution in [0.5, 0.6) is 5.75 Å². The van der Waals surface area contributed by atoms with E-state index in [-0.39, 0.29) is 12.2 Å². The van der Waals surface area contributed by atoms with Crippen molar-refractivity contribution < 1.29 is 9.84 Å². The fourth-order valence-electron chi connectivity index (χ4n) is 2.74. The molecule has 0 radical (unpaired) electrons. The molecule has 2 N–H and O–H groups in total. The van der Waals surface area contributed by atoms with Crippen molar-refractivity contribution in [2.24, 2.45) is 0 Å². The highest BCUT2D eigenvalue weighted by Gasteiger charge is 2.25. The first kappa shape index (κ1) is 15.3. The van der Waals surface area contributed by atoms with Gasteiger partial charge in [-0.25, -0.2) is 0 Å². The van der Waals surface area contributed by atoms with E-state index < -0.39 is 0 Å². The number of aryl methyl sites for hydroxylation is 1. The van der Waals surface area contributed by atoms with Gasteiger partial charge in [0.1, 0.15) is 11.9 Å². The van der Waals surface area contributed by atoms with E-state index in [1.807, 2.05) is 6.07 Å². The molecule has 1 fully saturated rings. The summed E-state index contributed by atoms with van der Waals surface area (Å²) in [6, 6.07) is 6.29. The maximum absolute atomic E-state index is 10.0. The van der Waals surface area contributed by atoms with Crippen molar-refractivity contribution in [1.82, 2.24) is 5.32 Å². The summed E-state index contributed by atoms with van der Waals surface area (Å²) in [7, 11) is 0. The number of hydrogen-bond acceptors (Lipinski definition) is 3. The lowest BCUT2D eigenvalue weighted by Gasteiger charge is -2.29. The molecular weight excluding hydrogens is 250 g/mol. The molecule has 0 aliphatic heterocycles. The van der Waals surface area contributed by atoms with Gasteiger partial charge in [-0.3, -0.25) is 0 Å². The maximum Gasteiger partial charge on any atom is 0.124 e. The molecule has 0 heterocycles. The lowest BCUT2D eigenvalue weighted by atomic mass is 9.94. The largest absolute Gasteiger partial charge is 0.487 e. The average Bonchev–Trinajstić information content (AvgIpc) is 2.44. The molecule has 1 aliphatic rings. The summed E-state index contributed by atoms with van der Waals surface area (Å²) in [6.07, 6.45) is 4.84. The molecule has 2 atom stereocenters. The first-order valence-corrected chi connectivity index (χ1v) is 7.85. The molecule has 1 aliphatic carbocycles. The second-order valence-electron chi connectivity index (χ2n) is 5.80. The summed E-state index contributed by atoms with van der Waals surface area (Å²) in [5, 5.41) is 13.5. The molecule has 0 saturated heterocycles. The van der Waals surface area contributed by atoms with E-state index in [1.54, 1.807) is 0 Å². The van der Waals surface area contributed by atoms with Gasteiger partial charge in [-0.15, -0.1) is 0 Å². The van der Waals surface area contributed by atoms with Crippen LogP contribution in [0.2, 0.25) is 0 Å². The van der Waals surface area contributed by atoms with Crippen LogP contribution in [0.15, 0.2) is 18.2 Å². The maximum atomic E-state index is 10.0. The van der Waals surface area contributed by atoms with Crippen molar-refractivity contribution in [2.45, 2.75) is 64.7 Å². The molecule has 0 amide bonds. The van der Waals surface area contributed by atoms with Crippen LogP contribution in [0.1, 0.15) is 50.2 Å². The lowest BCUT2D eigenvalue weighted by molar-refractivity contribution is 0.00635. The quantitative estimate of drug-likeness (QED) is 0.785. The molecule has 20 heavy (non-hydrogen) atoms. The second kappa shape index (κ2) is 7.65. The number of benzene rings is 1. The Bertz CT molecular complexity index is 419. The molecule has 3 heteroatoms. The Kier molecular flexibility index (Phi) is 5.86. The third-order valence-electron chi connectivity index (χ3n) is 3.90. The van der Waals surface area contributed by atoms with Gasteiger partial charge >= 0.3 is 0 Å². The number of nitrogens with one attached hydrogen (secondary N) is 1. The minimum absolute atomic E-state index is 0.0450. The van der Waals surface area contributed by atoms with Gasteiger partial charge in [0.15, 0.2) is 0 Å². The Hall–Kier alpha value is -1.06. The molecule has 0 aromatic heterocycles. The van der Waals surface area contributed by atoms with Crippen molar-refractivity contribution in [3.8, 4) is 5.75 Å². The summed E-state index contributed by atoms with van der Waals surface area (Å²) in [5.74, 6) is 0.921. The molecular formula is C17H27NO2. The van der Waals surface area contributed by atoms with Gasteiger partial charge in [-0.05, 0) is 45.2 Å². The fraction of sp³-hybridized carbons (Fsp3) is 0.647. The second-order valence-corrected chi connectivity index (χ2v) is 5.80. The van der Waals surface area contributed by atoms with Crippen LogP contribution in [0.25, 0.3) is 0 Å². The third-order valence-corrected chi connectivity index (χ3v) is 3.90. The van der Waals surface area contributed by atoms with Crippen molar-refractivity contribution in [3.63, 3.8) is 0 Å². The zero-order valence-electron chi connectivity index (χ0n) is 12.7. The monoisotopic (exact) mass is 277 g/mol. The smallest absolute Gasteiger partial charge is 0.124 e. The number of aliphatic hydroxyl groups is 1. The standard InChI is InChI=1S/C17H27NO2/c1-3-10-18-12-14-11-13(2)8-9-16(14)20-17-7-5-4-6-15(17)19/h8-9,11,15,17-19H,3-7,10,12H2,1-2H3. The third kappa shape index (κ3) is 4.22. The van der Waals surface area contributed by atoms with E-state index in [9.17, 15) is 5.11 Å². The predicted octanol–water partition coefficient (Wildman–Crippen LogP) is 3.18. The summed E-state index contributed by atoms with van der Waals surface area (Å²) in [4.78, 5) is 0. The zero-order chi connectivity index (χ0) is 14.4. The minimum Gasteiger partial charge on any atom is -0.487 e. The van der Waals surface area contributed by atoms with E-state index in [0.717, 1.165) is 50.9 Å². The van der Waals surface area contributed by atoms with Gasteiger partial charge in [0, 0.05) is 12.1 Å². The van der Waals surface area contributed by atoms with Gasteiger partial charge in [-0.2, -0.15) is 0 Å². The molecule has 1 aromatic carbocycles. The Morgan fingerprint density at radius 1 is 1.30 bits per heavy atom. The van der Waals surface area contributed by atoms with E-state index in [0.29, 0.717) is 0 Å². The van der Waals surface area contributed by atoms with Gasteiger partial charge in [0.25, 0.3) is 0 Å². The topological polar surface area (TPSA) is 41.5 Å². The van der Waals surface area contributed by atoms with Crippen LogP contribution in [-0.4, -0.2) is 23.9 Å². The van der Waals surface area contributed by atoms with Crippen LogP contribution in [-0.2, 0) is 6.54 Å². The molecule has 3 nitrogen and oxygen atoms in total. The van der Waals surface area contributed by atoms with Crippen molar-refractivity contribution in [3.05, 3.63) is 29.3 Å². The molecule has 2 unspecified atom stereocenters. The summed E-state index contributed by atoms with van der Waals surface area (Å²) in [6.45, 7) is 6.11. The Morgan fingerprint density at radius 2 is 2.10 bits per heavy atom. The Balaban J connectivity index is 2.05. The number of hydrogen-bond donors (Lipinski definition) is 2. The molecule has 112 valence electrons. The first-order valence-electron chi connectivity index (χ1n) is 7.85. The molecule has 1 aromatic rings. The highest BCUT2D eigenvalue weighted by molar-refractivity contribution is 5.37. The highest BCUT2D eigenvalue weighted by atomic mass is 16.5. The highest BCUT2D eigenvalue weighted by Crippen LogP contribution is 2.27. The number of aliphatic hydroxyl groups excluding tert-OH is 1. The van der Waals surface area contributed by atoms with Crippen LogP contribution in [0.3, 0.4) is 0 Å². The van der Waals surface area contributed by atoms with Crippen molar-refractivity contribution in [2.75, 3.05) is 6.54 Å². The van der Waals surface area contributed by atoms with Gasteiger partial charge in [0.2, 0.25) is 0 Å². The van der Waals surface area contributed by atoms with Crippen LogP contribution < -0.4 is 10.1 Å².